The highest BCUT2D eigenvalue weighted by molar-refractivity contribution is 5.77. The van der Waals surface area contributed by atoms with Gasteiger partial charge in [0.2, 0.25) is 5.91 Å². The summed E-state index contributed by atoms with van der Waals surface area (Å²) in [5.74, 6) is 0.235. The first kappa shape index (κ1) is 13.8. The van der Waals surface area contributed by atoms with Crippen molar-refractivity contribution in [2.45, 2.75) is 25.3 Å². The Hall–Kier alpha value is -1.62. The molecule has 4 nitrogen and oxygen atoms in total. The van der Waals surface area contributed by atoms with Crippen LogP contribution in [0.1, 0.15) is 19.3 Å². The van der Waals surface area contributed by atoms with Gasteiger partial charge < -0.3 is 14.7 Å². The van der Waals surface area contributed by atoms with Gasteiger partial charge in [-0.3, -0.25) is 4.79 Å². The smallest absolute Gasteiger partial charge is 0.226 e. The molecule has 1 aliphatic heterocycles. The summed E-state index contributed by atoms with van der Waals surface area (Å²) < 4.78 is 18.1. The van der Waals surface area contributed by atoms with Gasteiger partial charge in [-0.15, -0.1) is 0 Å². The van der Waals surface area contributed by atoms with Crippen molar-refractivity contribution >= 4 is 5.91 Å². The van der Waals surface area contributed by atoms with Crippen LogP contribution in [0.4, 0.5) is 4.39 Å². The summed E-state index contributed by atoms with van der Waals surface area (Å²) in [5, 5.41) is 9.15. The fourth-order valence-corrected chi connectivity index (χ4v) is 2.28. The van der Waals surface area contributed by atoms with Gasteiger partial charge in [-0.25, -0.2) is 4.39 Å². The Labute approximate surface area is 111 Å². The first-order chi connectivity index (χ1) is 9.20. The van der Waals surface area contributed by atoms with Crippen LogP contribution in [-0.4, -0.2) is 41.7 Å². The van der Waals surface area contributed by atoms with Crippen LogP contribution in [-0.2, 0) is 4.79 Å². The number of hydrogen-bond donors (Lipinski definition) is 1. The SMILES string of the molecule is O=C(CCOc1ccc(F)cc1)N1CCC[C@H]1CO. The predicted octanol–water partition coefficient (Wildman–Crippen LogP) is 1.58. The van der Waals surface area contributed by atoms with Crippen LogP contribution in [0.15, 0.2) is 24.3 Å². The Morgan fingerprint density at radius 1 is 1.42 bits per heavy atom. The highest BCUT2D eigenvalue weighted by Gasteiger charge is 2.27. The maximum atomic E-state index is 12.7. The Morgan fingerprint density at radius 3 is 2.84 bits per heavy atom. The molecule has 2 rings (SSSR count). The Kier molecular flexibility index (Phi) is 4.74. The van der Waals surface area contributed by atoms with Crippen molar-refractivity contribution in [2.24, 2.45) is 0 Å². The van der Waals surface area contributed by atoms with Gasteiger partial charge in [0.25, 0.3) is 0 Å². The van der Waals surface area contributed by atoms with E-state index in [4.69, 9.17) is 9.84 Å². The van der Waals surface area contributed by atoms with E-state index in [1.165, 1.54) is 24.3 Å². The largest absolute Gasteiger partial charge is 0.493 e. The van der Waals surface area contributed by atoms with Crippen molar-refractivity contribution in [1.82, 2.24) is 4.90 Å². The summed E-state index contributed by atoms with van der Waals surface area (Å²) in [7, 11) is 0. The van der Waals surface area contributed by atoms with Crippen LogP contribution in [0.3, 0.4) is 0 Å². The monoisotopic (exact) mass is 267 g/mol. The van der Waals surface area contributed by atoms with E-state index >= 15 is 0 Å². The van der Waals surface area contributed by atoms with E-state index in [0.29, 0.717) is 12.3 Å². The molecule has 0 spiro atoms. The Balaban J connectivity index is 1.76. The normalized spacial score (nSPS) is 18.6. The third kappa shape index (κ3) is 3.67. The number of benzene rings is 1. The summed E-state index contributed by atoms with van der Waals surface area (Å²) in [4.78, 5) is 13.7. The molecule has 1 N–H and O–H groups in total. The molecule has 0 radical (unpaired) electrons. The number of hydrogen-bond acceptors (Lipinski definition) is 3. The second-order valence-electron chi connectivity index (χ2n) is 4.62. The lowest BCUT2D eigenvalue weighted by atomic mass is 10.2. The minimum absolute atomic E-state index is 0.00124. The number of carbonyl (C=O) groups excluding carboxylic acids is 1. The maximum absolute atomic E-state index is 12.7. The summed E-state index contributed by atoms with van der Waals surface area (Å²) in [6.07, 6.45) is 2.07. The van der Waals surface area contributed by atoms with Crippen molar-refractivity contribution in [2.75, 3.05) is 19.8 Å². The molecule has 0 aromatic heterocycles. The number of aliphatic hydroxyl groups excluding tert-OH is 1. The van der Waals surface area contributed by atoms with Crippen LogP contribution in [0, 0.1) is 5.82 Å². The summed E-state index contributed by atoms with van der Waals surface area (Å²) >= 11 is 0. The number of nitrogens with zero attached hydrogens (tertiary/aromatic N) is 1. The molecule has 1 aliphatic rings. The minimum Gasteiger partial charge on any atom is -0.493 e. The lowest BCUT2D eigenvalue weighted by Crippen LogP contribution is -2.38. The highest BCUT2D eigenvalue weighted by Crippen LogP contribution is 2.18. The van der Waals surface area contributed by atoms with Gasteiger partial charge in [0, 0.05) is 6.54 Å². The summed E-state index contributed by atoms with van der Waals surface area (Å²) in [6, 6.07) is 5.66. The fourth-order valence-electron chi connectivity index (χ4n) is 2.28. The van der Waals surface area contributed by atoms with E-state index in [9.17, 15) is 9.18 Å². The molecular weight excluding hydrogens is 249 g/mol. The number of rotatable bonds is 5. The molecule has 0 unspecified atom stereocenters. The minimum atomic E-state index is -0.314. The van der Waals surface area contributed by atoms with Crippen LogP contribution in [0.5, 0.6) is 5.75 Å². The molecule has 1 aromatic rings. The van der Waals surface area contributed by atoms with Gasteiger partial charge in [-0.1, -0.05) is 0 Å². The molecule has 0 bridgehead atoms. The highest BCUT2D eigenvalue weighted by atomic mass is 19.1. The number of likely N-dealkylation sites (tertiary alicyclic amines) is 1. The van der Waals surface area contributed by atoms with E-state index in [1.807, 2.05) is 0 Å². The van der Waals surface area contributed by atoms with Crippen LogP contribution >= 0.6 is 0 Å². The lowest BCUT2D eigenvalue weighted by molar-refractivity contribution is -0.133. The molecule has 104 valence electrons. The molecule has 1 aromatic carbocycles. The molecule has 1 amide bonds. The molecule has 0 aliphatic carbocycles. The van der Waals surface area contributed by atoms with Gasteiger partial charge in [0.15, 0.2) is 0 Å². The first-order valence-electron chi connectivity index (χ1n) is 6.49. The van der Waals surface area contributed by atoms with Crippen molar-refractivity contribution in [1.29, 1.82) is 0 Å². The van der Waals surface area contributed by atoms with Crippen LogP contribution in [0.2, 0.25) is 0 Å². The average Bonchev–Trinajstić information content (AvgIpc) is 2.89. The lowest BCUT2D eigenvalue weighted by Gasteiger charge is -2.23. The molecular formula is C14H18FNO3. The number of halogens is 1. The third-order valence-electron chi connectivity index (χ3n) is 3.31. The van der Waals surface area contributed by atoms with Gasteiger partial charge in [-0.2, -0.15) is 0 Å². The number of ether oxygens (including phenoxy) is 1. The predicted molar refractivity (Wildman–Crippen MR) is 68.3 cm³/mol. The average molecular weight is 267 g/mol. The zero-order chi connectivity index (χ0) is 13.7. The zero-order valence-electron chi connectivity index (χ0n) is 10.7. The maximum Gasteiger partial charge on any atom is 0.226 e. The van der Waals surface area contributed by atoms with Crippen LogP contribution < -0.4 is 4.74 Å². The van der Waals surface area contributed by atoms with Crippen molar-refractivity contribution in [3.63, 3.8) is 0 Å². The van der Waals surface area contributed by atoms with Crippen molar-refractivity contribution in [3.05, 3.63) is 30.1 Å². The summed E-state index contributed by atoms with van der Waals surface area (Å²) in [5.41, 5.74) is 0. The van der Waals surface area contributed by atoms with Gasteiger partial charge in [0.05, 0.1) is 25.7 Å². The number of amides is 1. The van der Waals surface area contributed by atoms with Gasteiger partial charge in [-0.05, 0) is 37.1 Å². The molecule has 1 fully saturated rings. The molecule has 1 heterocycles. The van der Waals surface area contributed by atoms with Crippen molar-refractivity contribution in [3.8, 4) is 5.75 Å². The van der Waals surface area contributed by atoms with Gasteiger partial charge in [0.1, 0.15) is 11.6 Å². The van der Waals surface area contributed by atoms with Crippen LogP contribution in [0.25, 0.3) is 0 Å². The fraction of sp³-hybridized carbons (Fsp3) is 0.500. The standard InChI is InChI=1S/C14H18FNO3/c15-11-3-5-13(6-4-11)19-9-7-14(18)16-8-1-2-12(16)10-17/h3-6,12,17H,1-2,7-10H2/t12-/m0/s1. The summed E-state index contributed by atoms with van der Waals surface area (Å²) in [6.45, 7) is 0.990. The van der Waals surface area contributed by atoms with E-state index in [0.717, 1.165) is 12.8 Å². The second-order valence-corrected chi connectivity index (χ2v) is 4.62. The Bertz CT molecular complexity index is 421. The van der Waals surface area contributed by atoms with E-state index in [2.05, 4.69) is 0 Å². The van der Waals surface area contributed by atoms with E-state index < -0.39 is 0 Å². The molecule has 1 atom stereocenters. The molecule has 0 saturated carbocycles. The quantitative estimate of drug-likeness (QED) is 0.881. The molecule has 5 heteroatoms. The Morgan fingerprint density at radius 2 is 2.16 bits per heavy atom. The van der Waals surface area contributed by atoms with Crippen molar-refractivity contribution < 1.29 is 19.0 Å². The van der Waals surface area contributed by atoms with Gasteiger partial charge >= 0.3 is 0 Å². The molecule has 1 saturated heterocycles. The molecule has 19 heavy (non-hydrogen) atoms. The first-order valence-corrected chi connectivity index (χ1v) is 6.49. The third-order valence-corrected chi connectivity index (χ3v) is 3.31. The van der Waals surface area contributed by atoms with E-state index in [-0.39, 0.29) is 37.4 Å². The van der Waals surface area contributed by atoms with E-state index in [1.54, 1.807) is 4.90 Å². The number of carbonyl (C=O) groups is 1. The topological polar surface area (TPSA) is 49.8 Å². The second kappa shape index (κ2) is 6.52. The number of aliphatic hydroxyl groups is 1. The zero-order valence-corrected chi connectivity index (χ0v) is 10.7.